The Labute approximate surface area is 296 Å². The zero-order valence-electron chi connectivity index (χ0n) is 29.3. The fraction of sp³-hybridized carbons (Fsp3) is 0.688. The Morgan fingerprint density at radius 1 is 0.706 bits per heavy atom. The second-order valence-electron chi connectivity index (χ2n) is 12.8. The molecule has 0 aromatic heterocycles. The highest BCUT2D eigenvalue weighted by Crippen LogP contribution is 2.20. The molecule has 0 aromatic carbocycles. The van der Waals surface area contributed by atoms with Crippen molar-refractivity contribution >= 4 is 35.9 Å². The molecule has 2 aliphatic rings. The van der Waals surface area contributed by atoms with Crippen LogP contribution < -0.4 is 10.6 Å². The molecule has 2 amide bonds. The summed E-state index contributed by atoms with van der Waals surface area (Å²) < 4.78 is 15.6. The SMILES string of the molecule is CC(C)(CO)NC(=O)C1=CC=C(OC(=O)OCCOCCNC(=O)CN2CCN(CC(=O)O)CCN(CC(=O)O)CCN(CC(=O)O)CC2)CC1. The number of carboxylic acids is 3. The Kier molecular flexibility index (Phi) is 19.1. The number of hydrogen-bond acceptors (Lipinski definition) is 14. The molecule has 0 unspecified atom stereocenters. The van der Waals surface area contributed by atoms with Crippen molar-refractivity contribution in [3.63, 3.8) is 0 Å². The third kappa shape index (κ3) is 19.2. The highest BCUT2D eigenvalue weighted by Gasteiger charge is 2.24. The van der Waals surface area contributed by atoms with Crippen LogP contribution in [0, 0.1) is 0 Å². The van der Waals surface area contributed by atoms with E-state index in [-0.39, 0.29) is 97.1 Å². The molecule has 0 spiro atoms. The molecule has 0 radical (unpaired) electrons. The standard InChI is InChI=1S/C32H52N6O13/c1-32(2,23-39)34-30(47)24-3-5-25(6-4-24)51-31(48)50-18-17-49-16-7-33-26(40)19-35-8-10-36(20-27(41)42)12-14-38(22-29(45)46)15-13-37(11-9-35)21-28(43)44/h3,5,39H,4,6-23H2,1-2H3,(H,33,40)(H,34,47)(H,41,42)(H,43,44)(H,45,46). The molecule has 1 heterocycles. The zero-order chi connectivity index (χ0) is 37.8. The van der Waals surface area contributed by atoms with Crippen LogP contribution >= 0.6 is 0 Å². The van der Waals surface area contributed by atoms with Crippen LogP contribution in [0.3, 0.4) is 0 Å². The van der Waals surface area contributed by atoms with E-state index in [9.17, 15) is 49.2 Å². The number of ether oxygens (including phenoxy) is 3. The third-order valence-corrected chi connectivity index (χ3v) is 7.85. The predicted octanol–water partition coefficient (Wildman–Crippen LogP) is -1.76. The zero-order valence-corrected chi connectivity index (χ0v) is 29.3. The number of rotatable bonds is 18. The first-order valence-corrected chi connectivity index (χ1v) is 16.7. The first kappa shape index (κ1) is 43.0. The lowest BCUT2D eigenvalue weighted by atomic mass is 10.0. The fourth-order valence-corrected chi connectivity index (χ4v) is 5.05. The highest BCUT2D eigenvalue weighted by molar-refractivity contribution is 5.94. The van der Waals surface area contributed by atoms with Gasteiger partial charge in [0.1, 0.15) is 12.4 Å². The Morgan fingerprint density at radius 3 is 1.63 bits per heavy atom. The molecule has 0 bridgehead atoms. The summed E-state index contributed by atoms with van der Waals surface area (Å²) in [5.41, 5.74) is -0.267. The first-order chi connectivity index (χ1) is 24.1. The molecule has 6 N–H and O–H groups in total. The van der Waals surface area contributed by atoms with E-state index in [1.807, 2.05) is 0 Å². The number of nitrogens with one attached hydrogen (secondary N) is 2. The summed E-state index contributed by atoms with van der Waals surface area (Å²) in [7, 11) is 0. The number of hydrogen-bond donors (Lipinski definition) is 6. The van der Waals surface area contributed by atoms with E-state index in [4.69, 9.17) is 14.2 Å². The lowest BCUT2D eigenvalue weighted by Crippen LogP contribution is -2.50. The van der Waals surface area contributed by atoms with Crippen molar-refractivity contribution in [2.75, 3.05) is 112 Å². The maximum atomic E-state index is 12.7. The van der Waals surface area contributed by atoms with Crippen molar-refractivity contribution in [2.24, 2.45) is 0 Å². The fourth-order valence-electron chi connectivity index (χ4n) is 5.05. The van der Waals surface area contributed by atoms with Gasteiger partial charge in [-0.25, -0.2) is 4.79 Å². The van der Waals surface area contributed by atoms with Gasteiger partial charge in [-0.1, -0.05) is 6.08 Å². The smallest absolute Gasteiger partial charge is 0.480 e. The molecule has 288 valence electrons. The van der Waals surface area contributed by atoms with E-state index in [1.165, 1.54) is 6.08 Å². The van der Waals surface area contributed by atoms with Gasteiger partial charge in [0.15, 0.2) is 0 Å². The molecule has 2 rings (SSSR count). The number of carbonyl (C=O) groups excluding carboxylic acids is 3. The Morgan fingerprint density at radius 2 is 1.20 bits per heavy atom. The first-order valence-electron chi connectivity index (χ1n) is 16.7. The molecule has 0 saturated carbocycles. The molecule has 1 fully saturated rings. The lowest BCUT2D eigenvalue weighted by molar-refractivity contribution is -0.140. The molecular weight excluding hydrogens is 676 g/mol. The molecule has 0 atom stereocenters. The van der Waals surface area contributed by atoms with Gasteiger partial charge in [-0.05, 0) is 26.3 Å². The molecule has 1 saturated heterocycles. The molecule has 51 heavy (non-hydrogen) atoms. The highest BCUT2D eigenvalue weighted by atomic mass is 16.7. The van der Waals surface area contributed by atoms with Crippen LogP contribution in [0.15, 0.2) is 23.5 Å². The Bertz CT molecular complexity index is 1230. The summed E-state index contributed by atoms with van der Waals surface area (Å²) >= 11 is 0. The number of nitrogens with zero attached hydrogens (tertiary/aromatic N) is 4. The van der Waals surface area contributed by atoms with E-state index in [1.54, 1.807) is 39.5 Å². The van der Waals surface area contributed by atoms with Crippen molar-refractivity contribution in [1.82, 2.24) is 30.2 Å². The number of aliphatic hydroxyl groups is 1. The summed E-state index contributed by atoms with van der Waals surface area (Å²) in [5, 5.41) is 42.8. The van der Waals surface area contributed by atoms with Gasteiger partial charge in [0.25, 0.3) is 0 Å². The number of carbonyl (C=O) groups is 6. The number of allylic oxidation sites excluding steroid dienone is 3. The molecule has 19 heteroatoms. The van der Waals surface area contributed by atoms with E-state index < -0.39 is 29.6 Å². The van der Waals surface area contributed by atoms with Crippen LogP contribution in [0.25, 0.3) is 0 Å². The van der Waals surface area contributed by atoms with Crippen LogP contribution in [-0.4, -0.2) is 193 Å². The maximum absolute atomic E-state index is 12.7. The lowest BCUT2D eigenvalue weighted by Gasteiger charge is -2.32. The number of amides is 2. The van der Waals surface area contributed by atoms with Crippen molar-refractivity contribution in [3.8, 4) is 0 Å². The largest absolute Gasteiger partial charge is 0.513 e. The molecule has 1 aliphatic heterocycles. The average Bonchev–Trinajstić information content (AvgIpc) is 3.04. The topological polar surface area (TPSA) is 248 Å². The predicted molar refractivity (Wildman–Crippen MR) is 180 cm³/mol. The van der Waals surface area contributed by atoms with Crippen LogP contribution in [0.2, 0.25) is 0 Å². The Balaban J connectivity index is 1.76. The quantitative estimate of drug-likeness (QED) is 0.0676. The van der Waals surface area contributed by atoms with Gasteiger partial charge in [-0.2, -0.15) is 0 Å². The van der Waals surface area contributed by atoms with Gasteiger partial charge < -0.3 is 45.3 Å². The molecule has 19 nitrogen and oxygen atoms in total. The minimum atomic E-state index is -1.04. The number of aliphatic hydroxyl groups excluding tert-OH is 1. The van der Waals surface area contributed by atoms with E-state index in [2.05, 4.69) is 10.6 Å². The Hall–Kier alpha value is -4.14. The normalized spacial score (nSPS) is 17.5. The van der Waals surface area contributed by atoms with Gasteiger partial charge in [0.2, 0.25) is 11.8 Å². The summed E-state index contributed by atoms with van der Waals surface area (Å²) in [6.45, 7) is 4.94. The molecular formula is C32H52N6O13. The number of aliphatic carboxylic acids is 3. The second kappa shape index (κ2) is 22.6. The summed E-state index contributed by atoms with van der Waals surface area (Å²) in [6, 6.07) is 0. The minimum Gasteiger partial charge on any atom is -0.480 e. The van der Waals surface area contributed by atoms with Gasteiger partial charge >= 0.3 is 24.1 Å². The van der Waals surface area contributed by atoms with Crippen molar-refractivity contribution in [2.45, 2.75) is 32.2 Å². The van der Waals surface area contributed by atoms with Gasteiger partial charge in [-0.3, -0.25) is 43.6 Å². The molecule has 1 aliphatic carbocycles. The third-order valence-electron chi connectivity index (χ3n) is 7.85. The summed E-state index contributed by atoms with van der Waals surface area (Å²) in [5.74, 6) is -3.40. The van der Waals surface area contributed by atoms with Crippen LogP contribution in [-0.2, 0) is 38.2 Å². The van der Waals surface area contributed by atoms with Crippen molar-refractivity contribution in [3.05, 3.63) is 23.5 Å². The summed E-state index contributed by atoms with van der Waals surface area (Å²) in [6.07, 6.45) is 2.80. The van der Waals surface area contributed by atoms with Crippen LogP contribution in [0.4, 0.5) is 4.79 Å². The van der Waals surface area contributed by atoms with Gasteiger partial charge in [-0.15, -0.1) is 0 Å². The van der Waals surface area contributed by atoms with Crippen molar-refractivity contribution < 1.29 is 63.4 Å². The maximum Gasteiger partial charge on any atom is 0.513 e. The van der Waals surface area contributed by atoms with E-state index in [0.29, 0.717) is 50.4 Å². The molecule has 0 aromatic rings. The van der Waals surface area contributed by atoms with Crippen molar-refractivity contribution in [1.29, 1.82) is 0 Å². The van der Waals surface area contributed by atoms with Gasteiger partial charge in [0, 0.05) is 70.9 Å². The monoisotopic (exact) mass is 728 g/mol. The second-order valence-corrected chi connectivity index (χ2v) is 12.8. The average molecular weight is 729 g/mol. The van der Waals surface area contributed by atoms with Crippen LogP contribution in [0.5, 0.6) is 0 Å². The van der Waals surface area contributed by atoms with Crippen LogP contribution in [0.1, 0.15) is 26.7 Å². The van der Waals surface area contributed by atoms with Gasteiger partial charge in [0.05, 0.1) is 51.5 Å². The minimum absolute atomic E-state index is 0.0280. The van der Waals surface area contributed by atoms with E-state index >= 15 is 0 Å². The summed E-state index contributed by atoms with van der Waals surface area (Å²) in [4.78, 5) is 78.1. The number of carboxylic acid groups (broad SMARTS) is 3. The van der Waals surface area contributed by atoms with E-state index in [0.717, 1.165) is 0 Å².